The average molecular weight is 183 g/mol. The average Bonchev–Trinajstić information content (AvgIpc) is 1.73. The molecule has 0 aromatic rings. The molecule has 1 saturated carbocycles. The fraction of sp³-hybridized carbons (Fsp3) is 1.00. The van der Waals surface area contributed by atoms with Gasteiger partial charge < -0.3 is 5.11 Å². The van der Waals surface area contributed by atoms with Gasteiger partial charge in [0.1, 0.15) is 4.33 Å². The van der Waals surface area contributed by atoms with E-state index in [4.69, 9.17) is 23.2 Å². The van der Waals surface area contributed by atoms with Crippen molar-refractivity contribution in [3.8, 4) is 0 Å². The van der Waals surface area contributed by atoms with Crippen LogP contribution >= 0.6 is 23.2 Å². The Balaban J connectivity index is 2.78. The van der Waals surface area contributed by atoms with E-state index >= 15 is 0 Å². The largest absolute Gasteiger partial charge is 0.387 e. The van der Waals surface area contributed by atoms with Gasteiger partial charge in [-0.1, -0.05) is 30.1 Å². The summed E-state index contributed by atoms with van der Waals surface area (Å²) in [4.78, 5) is 0. The van der Waals surface area contributed by atoms with Crippen LogP contribution in [0.1, 0.15) is 26.7 Å². The molecule has 0 aromatic carbocycles. The Morgan fingerprint density at radius 3 is 2.00 bits per heavy atom. The smallest absolute Gasteiger partial charge is 0.146 e. The molecule has 1 nitrogen and oxygen atoms in total. The zero-order valence-electron chi connectivity index (χ0n) is 6.19. The zero-order chi connectivity index (χ0) is 7.99. The molecular formula is C7H12Cl2O. The summed E-state index contributed by atoms with van der Waals surface area (Å²) < 4.78 is -0.938. The minimum absolute atomic E-state index is 0.421. The Morgan fingerprint density at radius 2 is 1.90 bits per heavy atom. The van der Waals surface area contributed by atoms with E-state index in [1.54, 1.807) is 6.92 Å². The van der Waals surface area contributed by atoms with Crippen molar-refractivity contribution in [3.63, 3.8) is 0 Å². The van der Waals surface area contributed by atoms with Gasteiger partial charge in [0.2, 0.25) is 0 Å². The van der Waals surface area contributed by atoms with E-state index in [9.17, 15) is 5.11 Å². The van der Waals surface area contributed by atoms with Crippen molar-refractivity contribution >= 4 is 23.2 Å². The lowest BCUT2D eigenvalue weighted by Gasteiger charge is -2.27. The van der Waals surface area contributed by atoms with Gasteiger partial charge in [0.25, 0.3) is 0 Å². The molecule has 2 unspecified atom stereocenters. The first-order chi connectivity index (χ1) is 4.35. The maximum absolute atomic E-state index is 9.63. The van der Waals surface area contributed by atoms with E-state index in [1.807, 2.05) is 6.92 Å². The first-order valence-electron chi connectivity index (χ1n) is 3.45. The van der Waals surface area contributed by atoms with Crippen LogP contribution in [0.2, 0.25) is 0 Å². The number of rotatable bonds is 0. The molecule has 1 rings (SSSR count). The van der Waals surface area contributed by atoms with E-state index in [0.717, 1.165) is 0 Å². The van der Waals surface area contributed by atoms with Crippen LogP contribution in [0.25, 0.3) is 0 Å². The quantitative estimate of drug-likeness (QED) is 0.571. The second kappa shape index (κ2) is 2.26. The second-order valence-electron chi connectivity index (χ2n) is 3.49. The third kappa shape index (κ3) is 1.27. The SMILES string of the molecule is CC1CC(C)(O)C(Cl)(Cl)C1. The summed E-state index contributed by atoms with van der Waals surface area (Å²) in [5.74, 6) is 0.421. The van der Waals surface area contributed by atoms with Crippen molar-refractivity contribution in [2.24, 2.45) is 5.92 Å². The lowest BCUT2D eigenvalue weighted by atomic mass is 10.0. The molecule has 0 amide bonds. The van der Waals surface area contributed by atoms with Gasteiger partial charge in [0.05, 0.1) is 5.60 Å². The van der Waals surface area contributed by atoms with Gasteiger partial charge in [-0.05, 0) is 25.7 Å². The fourth-order valence-corrected chi connectivity index (χ4v) is 2.24. The van der Waals surface area contributed by atoms with Gasteiger partial charge >= 0.3 is 0 Å². The molecule has 0 spiro atoms. The van der Waals surface area contributed by atoms with Gasteiger partial charge in [0, 0.05) is 0 Å². The molecule has 1 fully saturated rings. The van der Waals surface area contributed by atoms with Gasteiger partial charge in [-0.25, -0.2) is 0 Å². The monoisotopic (exact) mass is 182 g/mol. The molecule has 0 saturated heterocycles. The lowest BCUT2D eigenvalue weighted by Crippen LogP contribution is -2.37. The molecule has 0 aliphatic heterocycles. The van der Waals surface area contributed by atoms with Crippen molar-refractivity contribution in [3.05, 3.63) is 0 Å². The van der Waals surface area contributed by atoms with Crippen LogP contribution in [0.3, 0.4) is 0 Å². The van der Waals surface area contributed by atoms with Crippen LogP contribution in [-0.4, -0.2) is 15.0 Å². The molecule has 0 aromatic heterocycles. The number of alkyl halides is 2. The molecule has 1 aliphatic rings. The Labute approximate surface area is 71.3 Å². The first kappa shape index (κ1) is 8.63. The Hall–Kier alpha value is 0.540. The Morgan fingerprint density at radius 1 is 1.40 bits per heavy atom. The molecular weight excluding hydrogens is 171 g/mol. The highest BCUT2D eigenvalue weighted by Crippen LogP contribution is 2.49. The van der Waals surface area contributed by atoms with Gasteiger partial charge in [-0.3, -0.25) is 0 Å². The van der Waals surface area contributed by atoms with E-state index in [2.05, 4.69) is 0 Å². The number of hydrogen-bond acceptors (Lipinski definition) is 1. The third-order valence-corrected chi connectivity index (χ3v) is 3.26. The summed E-state index contributed by atoms with van der Waals surface area (Å²) in [5, 5.41) is 9.63. The van der Waals surface area contributed by atoms with Crippen molar-refractivity contribution < 1.29 is 5.11 Å². The predicted molar refractivity (Wildman–Crippen MR) is 43.5 cm³/mol. The van der Waals surface area contributed by atoms with Crippen molar-refractivity contribution in [1.29, 1.82) is 0 Å². The van der Waals surface area contributed by atoms with Crippen molar-refractivity contribution in [2.45, 2.75) is 36.6 Å². The molecule has 0 radical (unpaired) electrons. The summed E-state index contributed by atoms with van der Waals surface area (Å²) >= 11 is 11.7. The number of halogens is 2. The van der Waals surface area contributed by atoms with Gasteiger partial charge in [-0.15, -0.1) is 0 Å². The van der Waals surface area contributed by atoms with Gasteiger partial charge in [0.15, 0.2) is 0 Å². The topological polar surface area (TPSA) is 20.2 Å². The standard InChI is InChI=1S/C7H12Cl2O/c1-5-3-6(2,10)7(8,9)4-5/h5,10H,3-4H2,1-2H3. The zero-order valence-corrected chi connectivity index (χ0v) is 7.71. The molecule has 60 valence electrons. The van der Waals surface area contributed by atoms with Gasteiger partial charge in [-0.2, -0.15) is 0 Å². The number of hydrogen-bond donors (Lipinski definition) is 1. The molecule has 1 N–H and O–H groups in total. The summed E-state index contributed by atoms with van der Waals surface area (Å²) in [5.41, 5.74) is -0.907. The molecule has 0 heterocycles. The lowest BCUT2D eigenvalue weighted by molar-refractivity contribution is 0.0568. The summed E-state index contributed by atoms with van der Waals surface area (Å²) in [6.45, 7) is 3.73. The van der Waals surface area contributed by atoms with Crippen LogP contribution in [0.15, 0.2) is 0 Å². The first-order valence-corrected chi connectivity index (χ1v) is 4.21. The third-order valence-electron chi connectivity index (χ3n) is 2.14. The summed E-state index contributed by atoms with van der Waals surface area (Å²) in [6.07, 6.45) is 1.38. The van der Waals surface area contributed by atoms with Crippen molar-refractivity contribution in [2.75, 3.05) is 0 Å². The molecule has 1 aliphatic carbocycles. The normalized spacial score (nSPS) is 45.9. The maximum atomic E-state index is 9.63. The van der Waals surface area contributed by atoms with Crippen LogP contribution in [0, 0.1) is 5.92 Å². The fourth-order valence-electron chi connectivity index (χ4n) is 1.56. The minimum Gasteiger partial charge on any atom is -0.387 e. The van der Waals surface area contributed by atoms with Crippen LogP contribution in [-0.2, 0) is 0 Å². The second-order valence-corrected chi connectivity index (χ2v) is 4.98. The highest BCUT2D eigenvalue weighted by molar-refractivity contribution is 6.49. The van der Waals surface area contributed by atoms with E-state index < -0.39 is 9.93 Å². The van der Waals surface area contributed by atoms with Crippen molar-refractivity contribution in [1.82, 2.24) is 0 Å². The van der Waals surface area contributed by atoms with Crippen LogP contribution in [0.5, 0.6) is 0 Å². The highest BCUT2D eigenvalue weighted by atomic mass is 35.5. The van der Waals surface area contributed by atoms with E-state index in [-0.39, 0.29) is 0 Å². The molecule has 0 bridgehead atoms. The van der Waals surface area contributed by atoms with E-state index in [1.165, 1.54) is 0 Å². The molecule has 10 heavy (non-hydrogen) atoms. The maximum Gasteiger partial charge on any atom is 0.146 e. The van der Waals surface area contributed by atoms with E-state index in [0.29, 0.717) is 18.8 Å². The Bertz CT molecular complexity index is 127. The molecule has 2 atom stereocenters. The number of aliphatic hydroxyl groups is 1. The summed E-state index contributed by atoms with van der Waals surface area (Å²) in [6, 6.07) is 0. The minimum atomic E-state index is -0.938. The predicted octanol–water partition coefficient (Wildman–Crippen LogP) is 2.34. The van der Waals surface area contributed by atoms with Crippen LogP contribution < -0.4 is 0 Å². The highest BCUT2D eigenvalue weighted by Gasteiger charge is 2.51. The van der Waals surface area contributed by atoms with Crippen LogP contribution in [0.4, 0.5) is 0 Å². The summed E-state index contributed by atoms with van der Waals surface area (Å²) in [7, 11) is 0. The molecule has 3 heteroatoms. The Kier molecular flexibility index (Phi) is 1.95.